The molecule has 0 aliphatic heterocycles. The summed E-state index contributed by atoms with van der Waals surface area (Å²) in [7, 11) is 0. The number of nitrogens with one attached hydrogen (secondary N) is 1. The molecule has 0 saturated heterocycles. The first-order chi connectivity index (χ1) is 6.43. The van der Waals surface area contributed by atoms with Gasteiger partial charge in [-0.1, -0.05) is 20.8 Å². The van der Waals surface area contributed by atoms with Crippen LogP contribution in [0.4, 0.5) is 0 Å². The van der Waals surface area contributed by atoms with E-state index in [1.165, 1.54) is 0 Å². The highest BCUT2D eigenvalue weighted by Gasteiger charge is 2.36. The summed E-state index contributed by atoms with van der Waals surface area (Å²) >= 11 is 0. The van der Waals surface area contributed by atoms with Crippen molar-refractivity contribution in [1.29, 1.82) is 0 Å². The third-order valence-electron chi connectivity index (χ3n) is 3.69. The molecule has 3 N–H and O–H groups in total. The topological polar surface area (TPSA) is 55.1 Å². The third-order valence-corrected chi connectivity index (χ3v) is 3.69. The van der Waals surface area contributed by atoms with Crippen LogP contribution in [-0.4, -0.2) is 18.0 Å². The largest absolute Gasteiger partial charge is 0.353 e. The van der Waals surface area contributed by atoms with Gasteiger partial charge in [0.25, 0.3) is 0 Å². The number of amides is 1. The standard InChI is InChI=1S/C11H22N2O/c1-6-5-10(7(6)2)13-11(14)8(3)9(4)12/h6-10H,5,12H2,1-4H3,(H,13,14). The second kappa shape index (κ2) is 4.30. The Labute approximate surface area is 86.4 Å². The number of carbonyl (C=O) groups is 1. The zero-order valence-corrected chi connectivity index (χ0v) is 9.58. The van der Waals surface area contributed by atoms with Gasteiger partial charge >= 0.3 is 0 Å². The van der Waals surface area contributed by atoms with Crippen molar-refractivity contribution in [3.8, 4) is 0 Å². The van der Waals surface area contributed by atoms with Gasteiger partial charge in [0.1, 0.15) is 0 Å². The van der Waals surface area contributed by atoms with E-state index < -0.39 is 0 Å². The summed E-state index contributed by atoms with van der Waals surface area (Å²) in [5, 5.41) is 3.06. The van der Waals surface area contributed by atoms with E-state index in [0.717, 1.165) is 12.3 Å². The average Bonchev–Trinajstić information content (AvgIpc) is 2.15. The van der Waals surface area contributed by atoms with Crippen LogP contribution in [0.3, 0.4) is 0 Å². The van der Waals surface area contributed by atoms with Crippen LogP contribution in [0.15, 0.2) is 0 Å². The normalized spacial score (nSPS) is 35.6. The van der Waals surface area contributed by atoms with Crippen molar-refractivity contribution in [2.45, 2.75) is 46.2 Å². The second-order valence-corrected chi connectivity index (χ2v) is 4.83. The van der Waals surface area contributed by atoms with E-state index in [4.69, 9.17) is 5.73 Å². The molecule has 0 bridgehead atoms. The average molecular weight is 198 g/mol. The Balaban J connectivity index is 2.35. The van der Waals surface area contributed by atoms with E-state index in [9.17, 15) is 4.79 Å². The molecule has 0 radical (unpaired) electrons. The Hall–Kier alpha value is -0.570. The van der Waals surface area contributed by atoms with Gasteiger partial charge in [-0.2, -0.15) is 0 Å². The van der Waals surface area contributed by atoms with E-state index >= 15 is 0 Å². The lowest BCUT2D eigenvalue weighted by atomic mass is 9.71. The molecule has 0 spiro atoms. The number of nitrogens with two attached hydrogens (primary N) is 1. The summed E-state index contributed by atoms with van der Waals surface area (Å²) in [6.45, 7) is 8.17. The molecule has 1 amide bonds. The van der Waals surface area contributed by atoms with Crippen molar-refractivity contribution >= 4 is 5.91 Å². The minimum absolute atomic E-state index is 0.0668. The summed E-state index contributed by atoms with van der Waals surface area (Å²) in [6, 6.07) is 0.307. The molecule has 0 heterocycles. The lowest BCUT2D eigenvalue weighted by Gasteiger charge is -2.41. The van der Waals surface area contributed by atoms with Crippen LogP contribution in [0.25, 0.3) is 0 Å². The SMILES string of the molecule is CC(N)C(C)C(=O)NC1CC(C)C1C. The van der Waals surface area contributed by atoms with E-state index in [0.29, 0.717) is 12.0 Å². The summed E-state index contributed by atoms with van der Waals surface area (Å²) in [6.07, 6.45) is 1.11. The maximum atomic E-state index is 11.6. The van der Waals surface area contributed by atoms with Gasteiger partial charge < -0.3 is 11.1 Å². The lowest BCUT2D eigenvalue weighted by molar-refractivity contribution is -0.127. The van der Waals surface area contributed by atoms with E-state index in [1.807, 2.05) is 13.8 Å². The Morgan fingerprint density at radius 3 is 2.36 bits per heavy atom. The number of carbonyl (C=O) groups excluding carboxylic acids is 1. The first-order valence-electron chi connectivity index (χ1n) is 5.49. The van der Waals surface area contributed by atoms with Crippen LogP contribution in [0, 0.1) is 17.8 Å². The summed E-state index contributed by atoms with van der Waals surface area (Å²) in [4.78, 5) is 11.6. The second-order valence-electron chi connectivity index (χ2n) is 4.83. The van der Waals surface area contributed by atoms with Gasteiger partial charge in [0.05, 0.1) is 0 Å². The van der Waals surface area contributed by atoms with Gasteiger partial charge in [0.15, 0.2) is 0 Å². The van der Waals surface area contributed by atoms with Gasteiger partial charge in [-0.3, -0.25) is 4.79 Å². The lowest BCUT2D eigenvalue weighted by Crippen LogP contribution is -2.53. The van der Waals surface area contributed by atoms with Crippen LogP contribution >= 0.6 is 0 Å². The molecule has 5 atom stereocenters. The minimum atomic E-state index is -0.0851. The zero-order valence-electron chi connectivity index (χ0n) is 9.58. The quantitative estimate of drug-likeness (QED) is 0.714. The zero-order chi connectivity index (χ0) is 10.9. The molecule has 82 valence electrons. The molecule has 0 aromatic rings. The monoisotopic (exact) mass is 198 g/mol. The van der Waals surface area contributed by atoms with Crippen molar-refractivity contribution in [1.82, 2.24) is 5.32 Å². The highest BCUT2D eigenvalue weighted by atomic mass is 16.2. The van der Waals surface area contributed by atoms with Crippen molar-refractivity contribution in [2.24, 2.45) is 23.5 Å². The van der Waals surface area contributed by atoms with Crippen LogP contribution in [0.5, 0.6) is 0 Å². The molecule has 3 heteroatoms. The molecule has 1 fully saturated rings. The fourth-order valence-corrected chi connectivity index (χ4v) is 1.77. The Bertz CT molecular complexity index is 215. The molecule has 1 aliphatic rings. The van der Waals surface area contributed by atoms with Crippen molar-refractivity contribution in [2.75, 3.05) is 0 Å². The predicted octanol–water partition coefficient (Wildman–Crippen LogP) is 1.13. The molecular weight excluding hydrogens is 176 g/mol. The minimum Gasteiger partial charge on any atom is -0.353 e. The molecule has 3 nitrogen and oxygen atoms in total. The predicted molar refractivity (Wildman–Crippen MR) is 57.7 cm³/mol. The molecule has 14 heavy (non-hydrogen) atoms. The van der Waals surface area contributed by atoms with Crippen molar-refractivity contribution in [3.05, 3.63) is 0 Å². The molecule has 0 aromatic carbocycles. The van der Waals surface area contributed by atoms with Crippen LogP contribution < -0.4 is 11.1 Å². The maximum Gasteiger partial charge on any atom is 0.224 e. The van der Waals surface area contributed by atoms with Crippen LogP contribution in [0.1, 0.15) is 34.1 Å². The van der Waals surface area contributed by atoms with Gasteiger partial charge in [0.2, 0.25) is 5.91 Å². The van der Waals surface area contributed by atoms with Crippen LogP contribution in [0.2, 0.25) is 0 Å². The van der Waals surface area contributed by atoms with E-state index in [2.05, 4.69) is 19.2 Å². The Morgan fingerprint density at radius 2 is 2.00 bits per heavy atom. The van der Waals surface area contributed by atoms with Crippen molar-refractivity contribution < 1.29 is 4.79 Å². The van der Waals surface area contributed by atoms with Crippen molar-refractivity contribution in [3.63, 3.8) is 0 Å². The number of rotatable bonds is 3. The summed E-state index contributed by atoms with van der Waals surface area (Å²) in [5.74, 6) is 1.37. The van der Waals surface area contributed by atoms with Gasteiger partial charge in [-0.05, 0) is 25.2 Å². The Morgan fingerprint density at radius 1 is 1.43 bits per heavy atom. The number of hydrogen-bond donors (Lipinski definition) is 2. The molecule has 1 saturated carbocycles. The first kappa shape index (κ1) is 11.5. The van der Waals surface area contributed by atoms with E-state index in [1.54, 1.807) is 0 Å². The van der Waals surface area contributed by atoms with Crippen LogP contribution in [-0.2, 0) is 4.79 Å². The van der Waals surface area contributed by atoms with Gasteiger partial charge in [0, 0.05) is 18.0 Å². The fourth-order valence-electron chi connectivity index (χ4n) is 1.77. The molecule has 1 aliphatic carbocycles. The first-order valence-corrected chi connectivity index (χ1v) is 5.49. The fraction of sp³-hybridized carbons (Fsp3) is 0.909. The Kier molecular flexibility index (Phi) is 3.53. The van der Waals surface area contributed by atoms with Gasteiger partial charge in [-0.25, -0.2) is 0 Å². The maximum absolute atomic E-state index is 11.6. The van der Waals surface area contributed by atoms with Gasteiger partial charge in [-0.15, -0.1) is 0 Å². The number of hydrogen-bond acceptors (Lipinski definition) is 2. The summed E-state index contributed by atoms with van der Waals surface area (Å²) in [5.41, 5.74) is 5.67. The van der Waals surface area contributed by atoms with E-state index in [-0.39, 0.29) is 17.9 Å². The third kappa shape index (κ3) is 2.27. The molecule has 0 aromatic heterocycles. The molecule has 5 unspecified atom stereocenters. The highest BCUT2D eigenvalue weighted by molar-refractivity contribution is 5.79. The smallest absolute Gasteiger partial charge is 0.224 e. The highest BCUT2D eigenvalue weighted by Crippen LogP contribution is 2.33. The molecule has 1 rings (SSSR count). The molecular formula is C11H22N2O. The summed E-state index contributed by atoms with van der Waals surface area (Å²) < 4.78 is 0.